The SMILES string of the molecule is Fc1cccc(N(c2cccc(F)c2)c2ccc3c(c2)oc2c3cc3ccc4c5oc6cc(N(c7cccc(F)c7)c7cccc(F)c7)ccc6c5cc5ccc2c3c54)c1. The zero-order chi connectivity index (χ0) is 40.2. The third-order valence-electron chi connectivity index (χ3n) is 11.5. The van der Waals surface area contributed by atoms with Gasteiger partial charge < -0.3 is 18.6 Å². The summed E-state index contributed by atoms with van der Waals surface area (Å²) in [6, 6.07) is 49.3. The maximum atomic E-state index is 14.5. The number of nitrogens with zero attached hydrogens (tertiary/aromatic N) is 2. The van der Waals surface area contributed by atoms with Crippen LogP contribution < -0.4 is 9.80 Å². The highest BCUT2D eigenvalue weighted by molar-refractivity contribution is 6.34. The van der Waals surface area contributed by atoms with Crippen molar-refractivity contribution < 1.29 is 26.4 Å². The van der Waals surface area contributed by atoms with Gasteiger partial charge in [-0.2, -0.15) is 0 Å². The van der Waals surface area contributed by atoms with Crippen LogP contribution in [-0.2, 0) is 0 Å². The smallest absolute Gasteiger partial charge is 0.143 e. The van der Waals surface area contributed by atoms with Gasteiger partial charge in [0.05, 0.1) is 0 Å². The molecular weight excluding hydrogens is 761 g/mol. The van der Waals surface area contributed by atoms with E-state index in [1.54, 1.807) is 58.3 Å². The second kappa shape index (κ2) is 12.8. The number of hydrogen-bond donors (Lipinski definition) is 0. The summed E-state index contributed by atoms with van der Waals surface area (Å²) >= 11 is 0. The topological polar surface area (TPSA) is 32.8 Å². The minimum absolute atomic E-state index is 0.402. The van der Waals surface area contributed by atoms with Gasteiger partial charge in [-0.3, -0.25) is 0 Å². The highest BCUT2D eigenvalue weighted by atomic mass is 19.1. The largest absolute Gasteiger partial charge is 0.455 e. The molecule has 0 aliphatic rings. The van der Waals surface area contributed by atoms with Crippen molar-refractivity contribution in [1.82, 2.24) is 0 Å². The molecule has 2 heterocycles. The summed E-state index contributed by atoms with van der Waals surface area (Å²) in [6.07, 6.45) is 0. The van der Waals surface area contributed by atoms with Crippen LogP contribution in [0.4, 0.5) is 51.7 Å². The van der Waals surface area contributed by atoms with E-state index >= 15 is 0 Å². The van der Waals surface area contributed by atoms with Crippen molar-refractivity contribution in [2.24, 2.45) is 0 Å². The van der Waals surface area contributed by atoms with E-state index in [0.717, 1.165) is 65.0 Å². The third kappa shape index (κ3) is 5.24. The lowest BCUT2D eigenvalue weighted by Gasteiger charge is -2.25. The zero-order valence-corrected chi connectivity index (χ0v) is 31.4. The first-order valence-electron chi connectivity index (χ1n) is 19.4. The number of hydrogen-bond acceptors (Lipinski definition) is 4. The summed E-state index contributed by atoms with van der Waals surface area (Å²) in [6.45, 7) is 0. The standard InChI is InChI=1S/C52H28F4N2O2/c53-31-5-1-9-35(23-31)57(36-10-2-6-32(54)24-36)39-15-19-41-45-21-29-14-18-44-50-30(13-17-43(49(29)50)51(45)59-47(41)27-39)22-46-42-20-16-40(28-48(42)60-52(44)46)58(37-11-3-7-33(55)25-37)38-12-4-8-34(56)26-38/h1-28H. The zero-order valence-electron chi connectivity index (χ0n) is 31.4. The van der Waals surface area contributed by atoms with Crippen LogP contribution in [0, 0.1) is 23.3 Å². The molecule has 2 aromatic heterocycles. The van der Waals surface area contributed by atoms with E-state index in [9.17, 15) is 17.6 Å². The summed E-state index contributed by atoms with van der Waals surface area (Å²) in [5, 5.41) is 9.81. The van der Waals surface area contributed by atoms with Crippen LogP contribution in [0.5, 0.6) is 0 Å². The van der Waals surface area contributed by atoms with Crippen molar-refractivity contribution in [3.8, 4) is 0 Å². The Morgan fingerprint density at radius 3 is 0.983 bits per heavy atom. The molecule has 0 spiro atoms. The predicted molar refractivity (Wildman–Crippen MR) is 234 cm³/mol. The van der Waals surface area contributed by atoms with Crippen LogP contribution >= 0.6 is 0 Å². The second-order valence-electron chi connectivity index (χ2n) is 15.1. The van der Waals surface area contributed by atoms with Gasteiger partial charge in [-0.25, -0.2) is 17.6 Å². The lowest BCUT2D eigenvalue weighted by Crippen LogP contribution is -2.10. The Morgan fingerprint density at radius 1 is 0.300 bits per heavy atom. The van der Waals surface area contributed by atoms with E-state index in [2.05, 4.69) is 36.4 Å². The van der Waals surface area contributed by atoms with Crippen LogP contribution in [0.25, 0.3) is 76.2 Å². The number of halogens is 4. The highest BCUT2D eigenvalue weighted by Crippen LogP contribution is 2.47. The van der Waals surface area contributed by atoms with Crippen LogP contribution in [0.1, 0.15) is 0 Å². The maximum absolute atomic E-state index is 14.5. The second-order valence-corrected chi connectivity index (χ2v) is 15.1. The Labute approximate surface area is 338 Å². The molecule has 12 rings (SSSR count). The van der Waals surface area contributed by atoms with Crippen molar-refractivity contribution in [3.63, 3.8) is 0 Å². The number of fused-ring (bicyclic) bond motifs is 8. The number of rotatable bonds is 6. The molecule has 0 unspecified atom stereocenters. The van der Waals surface area contributed by atoms with Gasteiger partial charge in [-0.05, 0) is 132 Å². The summed E-state index contributed by atoms with van der Waals surface area (Å²) < 4.78 is 71.6. The van der Waals surface area contributed by atoms with E-state index < -0.39 is 23.3 Å². The molecule has 60 heavy (non-hydrogen) atoms. The predicted octanol–water partition coefficient (Wildman–Crippen LogP) is 15.9. The van der Waals surface area contributed by atoms with Gasteiger partial charge in [-0.15, -0.1) is 0 Å². The first-order chi connectivity index (χ1) is 29.3. The van der Waals surface area contributed by atoms with Crippen molar-refractivity contribution in [2.45, 2.75) is 0 Å². The quantitative estimate of drug-likeness (QED) is 0.124. The van der Waals surface area contributed by atoms with E-state index in [-0.39, 0.29) is 0 Å². The molecule has 0 aliphatic carbocycles. The molecule has 8 heteroatoms. The Morgan fingerprint density at radius 2 is 0.633 bits per heavy atom. The first kappa shape index (κ1) is 34.2. The average molecular weight is 789 g/mol. The molecule has 0 aliphatic heterocycles. The Bertz CT molecular complexity index is 3370. The number of benzene rings is 10. The minimum atomic E-state index is -0.402. The van der Waals surface area contributed by atoms with Crippen molar-refractivity contribution in [2.75, 3.05) is 9.80 Å². The molecular formula is C52H28F4N2O2. The maximum Gasteiger partial charge on any atom is 0.143 e. The van der Waals surface area contributed by atoms with Gasteiger partial charge in [0.25, 0.3) is 0 Å². The lowest BCUT2D eigenvalue weighted by molar-refractivity contribution is 0.626. The molecule has 12 aromatic rings. The summed E-state index contributed by atoms with van der Waals surface area (Å²) in [5.74, 6) is -1.61. The van der Waals surface area contributed by atoms with Gasteiger partial charge >= 0.3 is 0 Å². The fraction of sp³-hybridized carbons (Fsp3) is 0. The summed E-state index contributed by atoms with van der Waals surface area (Å²) in [4.78, 5) is 3.61. The molecule has 0 bridgehead atoms. The third-order valence-corrected chi connectivity index (χ3v) is 11.5. The lowest BCUT2D eigenvalue weighted by atomic mass is 9.91. The summed E-state index contributed by atoms with van der Waals surface area (Å²) in [5.41, 5.74) is 6.28. The molecule has 10 aromatic carbocycles. The van der Waals surface area contributed by atoms with E-state index in [0.29, 0.717) is 45.3 Å². The fourth-order valence-corrected chi connectivity index (χ4v) is 9.01. The normalized spacial score (nSPS) is 12.0. The van der Waals surface area contributed by atoms with Gasteiger partial charge in [0.15, 0.2) is 0 Å². The molecule has 0 radical (unpaired) electrons. The van der Waals surface area contributed by atoms with E-state index in [4.69, 9.17) is 8.83 Å². The Balaban J connectivity index is 1.03. The number of furan rings is 2. The van der Waals surface area contributed by atoms with Gasteiger partial charge in [0.1, 0.15) is 45.6 Å². The fourth-order valence-electron chi connectivity index (χ4n) is 9.01. The van der Waals surface area contributed by atoms with E-state index in [1.807, 2.05) is 36.4 Å². The van der Waals surface area contributed by atoms with Crippen molar-refractivity contribution in [3.05, 3.63) is 193 Å². The van der Waals surface area contributed by atoms with Gasteiger partial charge in [-0.1, -0.05) is 36.4 Å². The molecule has 286 valence electrons. The molecule has 4 nitrogen and oxygen atoms in total. The van der Waals surface area contributed by atoms with E-state index in [1.165, 1.54) is 48.5 Å². The minimum Gasteiger partial charge on any atom is -0.455 e. The Kier molecular flexibility index (Phi) is 7.32. The molecule has 0 atom stereocenters. The molecule has 0 saturated heterocycles. The molecule has 0 fully saturated rings. The molecule has 0 saturated carbocycles. The molecule has 0 amide bonds. The van der Waals surface area contributed by atoms with Gasteiger partial charge in [0, 0.05) is 89.3 Å². The van der Waals surface area contributed by atoms with Gasteiger partial charge in [0.2, 0.25) is 0 Å². The average Bonchev–Trinajstić information content (AvgIpc) is 3.80. The van der Waals surface area contributed by atoms with Crippen LogP contribution in [-0.4, -0.2) is 0 Å². The van der Waals surface area contributed by atoms with Crippen LogP contribution in [0.15, 0.2) is 179 Å². The van der Waals surface area contributed by atoms with Crippen LogP contribution in [0.2, 0.25) is 0 Å². The summed E-state index contributed by atoms with van der Waals surface area (Å²) in [7, 11) is 0. The Hall–Kier alpha value is -7.84. The highest BCUT2D eigenvalue weighted by Gasteiger charge is 2.22. The first-order valence-corrected chi connectivity index (χ1v) is 19.4. The number of anilines is 6. The monoisotopic (exact) mass is 788 g/mol. The van der Waals surface area contributed by atoms with Crippen molar-refractivity contribution in [1.29, 1.82) is 0 Å². The van der Waals surface area contributed by atoms with Crippen molar-refractivity contribution >= 4 is 110 Å². The molecule has 0 N–H and O–H groups in total. The van der Waals surface area contributed by atoms with Crippen LogP contribution in [0.3, 0.4) is 0 Å².